The van der Waals surface area contributed by atoms with Crippen LogP contribution in [0.4, 0.5) is 0 Å². The molecule has 1 amide bonds. The summed E-state index contributed by atoms with van der Waals surface area (Å²) in [5, 5.41) is 3.99. The third kappa shape index (κ3) is 2.31. The zero-order chi connectivity index (χ0) is 10.8. The molecule has 0 bridgehead atoms. The molecule has 0 spiro atoms. The second kappa shape index (κ2) is 4.74. The summed E-state index contributed by atoms with van der Waals surface area (Å²) in [6.45, 7) is 4.83. The number of carbonyl (C=O) groups excluding carboxylic acids is 1. The molecule has 86 valence electrons. The van der Waals surface area contributed by atoms with Crippen molar-refractivity contribution in [1.29, 1.82) is 0 Å². The van der Waals surface area contributed by atoms with Gasteiger partial charge >= 0.3 is 0 Å². The van der Waals surface area contributed by atoms with Gasteiger partial charge in [-0.15, -0.1) is 0 Å². The average molecular weight is 228 g/mol. The Morgan fingerprint density at radius 1 is 1.53 bits per heavy atom. The minimum atomic E-state index is 0.243. The maximum Gasteiger partial charge on any atom is 0.238 e. The zero-order valence-corrected chi connectivity index (χ0v) is 10.3. The maximum atomic E-state index is 11.7. The van der Waals surface area contributed by atoms with Crippen LogP contribution in [0.1, 0.15) is 33.1 Å². The summed E-state index contributed by atoms with van der Waals surface area (Å²) < 4.78 is 0. The first-order valence-electron chi connectivity index (χ1n) is 5.88. The van der Waals surface area contributed by atoms with Gasteiger partial charge in [0.1, 0.15) is 0 Å². The summed E-state index contributed by atoms with van der Waals surface area (Å²) in [7, 11) is 0. The Balaban J connectivity index is 1.92. The van der Waals surface area contributed by atoms with Crippen molar-refractivity contribution in [3.05, 3.63) is 0 Å². The lowest BCUT2D eigenvalue weighted by Crippen LogP contribution is -2.41. The molecule has 1 aliphatic carbocycles. The molecule has 2 fully saturated rings. The number of carbonyl (C=O) groups is 1. The van der Waals surface area contributed by atoms with E-state index in [-0.39, 0.29) is 12.1 Å². The quantitative estimate of drug-likeness (QED) is 0.793. The highest BCUT2D eigenvalue weighted by Gasteiger charge is 2.37. The van der Waals surface area contributed by atoms with Crippen LogP contribution in [0.3, 0.4) is 0 Å². The third-order valence-electron chi connectivity index (χ3n) is 3.41. The predicted octanol–water partition coefficient (Wildman–Crippen LogP) is 1.44. The molecule has 1 saturated heterocycles. The topological polar surface area (TPSA) is 32.3 Å². The van der Waals surface area contributed by atoms with E-state index in [0.29, 0.717) is 12.6 Å². The normalized spacial score (nSPS) is 36.5. The van der Waals surface area contributed by atoms with Gasteiger partial charge in [-0.1, -0.05) is 6.92 Å². The van der Waals surface area contributed by atoms with Gasteiger partial charge in [0.2, 0.25) is 5.91 Å². The molecule has 0 radical (unpaired) electrons. The van der Waals surface area contributed by atoms with Gasteiger partial charge < -0.3 is 4.90 Å². The Kier molecular flexibility index (Phi) is 3.57. The van der Waals surface area contributed by atoms with Crippen molar-refractivity contribution in [1.82, 2.24) is 10.2 Å². The van der Waals surface area contributed by atoms with Gasteiger partial charge in [-0.2, -0.15) is 11.8 Å². The van der Waals surface area contributed by atoms with E-state index in [1.54, 1.807) is 0 Å². The Morgan fingerprint density at radius 3 is 2.93 bits per heavy atom. The Bertz CT molecular complexity index is 247. The number of nitrogens with zero attached hydrogens (tertiary/aromatic N) is 1. The fourth-order valence-corrected chi connectivity index (χ4v) is 3.85. The molecule has 0 aromatic rings. The number of amides is 1. The van der Waals surface area contributed by atoms with E-state index in [1.165, 1.54) is 25.0 Å². The van der Waals surface area contributed by atoms with Gasteiger partial charge in [-0.25, -0.2) is 0 Å². The van der Waals surface area contributed by atoms with Crippen molar-refractivity contribution in [2.24, 2.45) is 0 Å². The molecule has 3 unspecified atom stereocenters. The van der Waals surface area contributed by atoms with Crippen LogP contribution in [0.25, 0.3) is 0 Å². The predicted molar refractivity (Wildman–Crippen MR) is 63.9 cm³/mol. The second-order valence-electron chi connectivity index (χ2n) is 4.40. The summed E-state index contributed by atoms with van der Waals surface area (Å²) in [6.07, 6.45) is 3.90. The Morgan fingerprint density at radius 2 is 2.33 bits per heavy atom. The Hall–Kier alpha value is -0.220. The molecule has 1 heterocycles. The highest BCUT2D eigenvalue weighted by molar-refractivity contribution is 7.99. The van der Waals surface area contributed by atoms with Crippen molar-refractivity contribution in [3.63, 3.8) is 0 Å². The van der Waals surface area contributed by atoms with Crippen molar-refractivity contribution in [3.8, 4) is 0 Å². The molecule has 0 aromatic heterocycles. The maximum absolute atomic E-state index is 11.7. The summed E-state index contributed by atoms with van der Waals surface area (Å²) in [4.78, 5) is 13.8. The average Bonchev–Trinajstić information content (AvgIpc) is 2.75. The first-order chi connectivity index (χ1) is 7.22. The smallest absolute Gasteiger partial charge is 0.238 e. The van der Waals surface area contributed by atoms with Crippen molar-refractivity contribution < 1.29 is 4.79 Å². The summed E-state index contributed by atoms with van der Waals surface area (Å²) in [6, 6.07) is 0.492. The molecular formula is C11H20N2OS. The molecule has 1 N–H and O–H groups in total. The lowest BCUT2D eigenvalue weighted by Gasteiger charge is -2.28. The van der Waals surface area contributed by atoms with Crippen LogP contribution in [0.15, 0.2) is 0 Å². The van der Waals surface area contributed by atoms with Crippen LogP contribution in [0.5, 0.6) is 0 Å². The number of thioether (sulfide) groups is 1. The van der Waals surface area contributed by atoms with Crippen LogP contribution in [0.2, 0.25) is 0 Å². The first-order valence-corrected chi connectivity index (χ1v) is 6.93. The van der Waals surface area contributed by atoms with Gasteiger partial charge in [-0.3, -0.25) is 10.1 Å². The third-order valence-corrected chi connectivity index (χ3v) is 4.64. The number of hydrogen-bond donors (Lipinski definition) is 1. The van der Waals surface area contributed by atoms with E-state index < -0.39 is 0 Å². The fraction of sp³-hybridized carbons (Fsp3) is 0.909. The largest absolute Gasteiger partial charge is 0.323 e. The lowest BCUT2D eigenvalue weighted by molar-refractivity contribution is -0.129. The van der Waals surface area contributed by atoms with Gasteiger partial charge in [0.25, 0.3) is 0 Å². The molecular weight excluding hydrogens is 208 g/mol. The van der Waals surface area contributed by atoms with Crippen molar-refractivity contribution in [2.75, 3.05) is 12.3 Å². The van der Waals surface area contributed by atoms with E-state index in [9.17, 15) is 4.79 Å². The van der Waals surface area contributed by atoms with Crippen LogP contribution in [-0.4, -0.2) is 40.6 Å². The molecule has 15 heavy (non-hydrogen) atoms. The summed E-state index contributed by atoms with van der Waals surface area (Å²) in [5.41, 5.74) is 0. The van der Waals surface area contributed by atoms with Crippen molar-refractivity contribution >= 4 is 17.7 Å². The second-order valence-corrected chi connectivity index (χ2v) is 5.98. The molecule has 0 aromatic carbocycles. The highest BCUT2D eigenvalue weighted by atomic mass is 32.2. The SMILES string of the molecule is CCSC1CCC(N2C(=O)CNC2C)C1. The van der Waals surface area contributed by atoms with Gasteiger partial charge in [-0.05, 0) is 31.9 Å². The monoisotopic (exact) mass is 228 g/mol. The fourth-order valence-electron chi connectivity index (χ4n) is 2.72. The van der Waals surface area contributed by atoms with Crippen molar-refractivity contribution in [2.45, 2.75) is 50.6 Å². The van der Waals surface area contributed by atoms with Crippen LogP contribution >= 0.6 is 11.8 Å². The molecule has 3 atom stereocenters. The van der Waals surface area contributed by atoms with E-state index in [0.717, 1.165) is 5.25 Å². The van der Waals surface area contributed by atoms with Gasteiger partial charge in [0, 0.05) is 11.3 Å². The van der Waals surface area contributed by atoms with E-state index >= 15 is 0 Å². The molecule has 1 aliphatic heterocycles. The first kappa shape index (κ1) is 11.3. The van der Waals surface area contributed by atoms with E-state index in [4.69, 9.17) is 0 Å². The molecule has 1 saturated carbocycles. The van der Waals surface area contributed by atoms with Crippen LogP contribution in [0, 0.1) is 0 Å². The van der Waals surface area contributed by atoms with Crippen LogP contribution in [-0.2, 0) is 4.79 Å². The standard InChI is InChI=1S/C11H20N2OS/c1-3-15-10-5-4-9(6-10)13-8(2)12-7-11(13)14/h8-10,12H,3-7H2,1-2H3. The molecule has 4 heteroatoms. The van der Waals surface area contributed by atoms with Gasteiger partial charge in [0.05, 0.1) is 12.7 Å². The number of rotatable bonds is 3. The lowest BCUT2D eigenvalue weighted by atomic mass is 10.2. The minimum Gasteiger partial charge on any atom is -0.323 e. The van der Waals surface area contributed by atoms with E-state index in [1.807, 2.05) is 11.8 Å². The molecule has 2 aliphatic rings. The number of hydrogen-bond acceptors (Lipinski definition) is 3. The summed E-state index contributed by atoms with van der Waals surface area (Å²) in [5.74, 6) is 1.48. The Labute approximate surface area is 96.0 Å². The minimum absolute atomic E-state index is 0.243. The molecule has 2 rings (SSSR count). The molecule has 3 nitrogen and oxygen atoms in total. The van der Waals surface area contributed by atoms with E-state index in [2.05, 4.69) is 24.1 Å². The summed E-state index contributed by atoms with van der Waals surface area (Å²) >= 11 is 2.05. The zero-order valence-electron chi connectivity index (χ0n) is 9.53. The number of nitrogens with one attached hydrogen (secondary N) is 1. The van der Waals surface area contributed by atoms with Gasteiger partial charge in [0.15, 0.2) is 0 Å². The van der Waals surface area contributed by atoms with Crippen LogP contribution < -0.4 is 5.32 Å². The highest BCUT2D eigenvalue weighted by Crippen LogP contribution is 2.33.